The Morgan fingerprint density at radius 1 is 0.241 bits per heavy atom. The van der Waals surface area contributed by atoms with Gasteiger partial charge in [0, 0.05) is 33.4 Å². The molecule has 0 aliphatic carbocycles. The molecular formula is C108H158N4O4. The minimum Gasteiger partial charge on any atom is -0.494 e. The predicted octanol–water partition coefficient (Wildman–Crippen LogP) is 34.6. The zero-order valence-electron chi connectivity index (χ0n) is 73.8. The maximum atomic E-state index is 6.68. The fraction of sp³-hybridized carbons (Fsp3) is 0.593. The average Bonchev–Trinajstić information content (AvgIpc) is 1.56. The number of nitrogens with one attached hydrogen (secondary N) is 1. The molecule has 8 bridgehead atoms. The molecule has 0 atom stereocenters. The highest BCUT2D eigenvalue weighted by molar-refractivity contribution is 6.11. The lowest BCUT2D eigenvalue weighted by Crippen LogP contribution is -2.00. The molecule has 0 unspecified atom stereocenters. The second kappa shape index (κ2) is 58.5. The average molecular weight is 1580 g/mol. The largest absolute Gasteiger partial charge is 0.494 e. The Bertz CT molecular complexity index is 3930. The Balaban J connectivity index is 1.03. The molecule has 1 N–H and O–H groups in total. The van der Waals surface area contributed by atoms with Gasteiger partial charge in [0.15, 0.2) is 0 Å². The third-order valence-corrected chi connectivity index (χ3v) is 24.3. The molecule has 2 aliphatic heterocycles. The number of H-pyrrole nitrogens is 1. The van der Waals surface area contributed by atoms with Crippen molar-refractivity contribution < 1.29 is 18.9 Å². The smallest absolute Gasteiger partial charge is 0.119 e. The Morgan fingerprint density at radius 3 is 0.802 bits per heavy atom. The number of aromatic nitrogens is 4. The monoisotopic (exact) mass is 1580 g/mol. The first kappa shape index (κ1) is 92.6. The number of hydrogen-bond acceptors (Lipinski definition) is 6. The molecule has 0 saturated carbocycles. The lowest BCUT2D eigenvalue weighted by Gasteiger charge is -2.15. The van der Waals surface area contributed by atoms with E-state index in [1.54, 1.807) is 0 Å². The van der Waals surface area contributed by atoms with Gasteiger partial charge in [-0.05, 0) is 158 Å². The van der Waals surface area contributed by atoms with Crippen molar-refractivity contribution in [1.29, 1.82) is 0 Å². The van der Waals surface area contributed by atoms with Gasteiger partial charge in [0.05, 0.1) is 60.2 Å². The molecule has 2 aliphatic rings. The Hall–Kier alpha value is -7.32. The number of fused-ring (bicyclic) bond motifs is 8. The normalized spacial score (nSPS) is 11.9. The van der Waals surface area contributed by atoms with Crippen molar-refractivity contribution >= 4 is 46.4 Å². The van der Waals surface area contributed by atoms with Crippen LogP contribution in [-0.2, 0) is 0 Å². The van der Waals surface area contributed by atoms with Gasteiger partial charge < -0.3 is 28.5 Å². The van der Waals surface area contributed by atoms with Crippen molar-refractivity contribution in [2.24, 2.45) is 0 Å². The third-order valence-electron chi connectivity index (χ3n) is 24.3. The van der Waals surface area contributed by atoms with E-state index < -0.39 is 0 Å². The van der Waals surface area contributed by atoms with Gasteiger partial charge in [-0.15, -0.1) is 0 Å². The summed E-state index contributed by atoms with van der Waals surface area (Å²) in [7, 11) is 0. The Labute approximate surface area is 706 Å². The van der Waals surface area contributed by atoms with E-state index in [1.165, 1.54) is 334 Å². The summed E-state index contributed by atoms with van der Waals surface area (Å²) in [6.07, 6.45) is 83.3. The van der Waals surface area contributed by atoms with Crippen LogP contribution in [0.5, 0.6) is 23.0 Å². The second-order valence-corrected chi connectivity index (χ2v) is 34.4. The first-order valence-electron chi connectivity index (χ1n) is 48.6. The summed E-state index contributed by atoms with van der Waals surface area (Å²) >= 11 is 0. The summed E-state index contributed by atoms with van der Waals surface area (Å²) in [5, 5.41) is 0. The van der Waals surface area contributed by atoms with E-state index in [4.69, 9.17) is 28.9 Å². The topological polar surface area (TPSA) is 83.4 Å². The van der Waals surface area contributed by atoms with Gasteiger partial charge in [-0.3, -0.25) is 0 Å². The quantitative estimate of drug-likeness (QED) is 0.0383. The molecule has 4 aromatic carbocycles. The zero-order valence-corrected chi connectivity index (χ0v) is 73.8. The Kier molecular flexibility index (Phi) is 46.7. The standard InChI is InChI=1S/C108H158N4O4/c1-5-9-13-17-21-25-29-33-37-41-45-49-53-57-83-113-99-74-61-90(62-75-99)105-103-82-71-96(111-103)88-95-68-67-93(109-95)87-94-69-70-97(110-94)89-104-106(91-63-76-100(77-64-91)114-84-58-54-50-46-42-38-34-30-26-22-18-14-10-6-2)107(92-65-78-101(79-66-92)115-85-59-55-51-47-43-39-35-31-27-23-19-15-11-7-3)108(105)112(104)98-72-80-102(81-73-98)116-86-60-56-52-48-44-40-36-32-28-24-20-16-12-8-4/h61-82,87-89,109H,5-60,83-86H2,1-4H3. The predicted molar refractivity (Wildman–Crippen MR) is 503 cm³/mol. The SMILES string of the molecule is CCCCCCCCCCCCCCCCOc1ccc(-c2c(-c3ccc(OCCCCCCCCCCCCCCCC)cc3)c3c(-c4ccc(OCCCCCCCCCCCCCCCC)cc4)c4nc(cc5ccc(cc6nc(cc2n3-c2ccc(OCCCCCCCCCCCCCCCC)cc2)C=C6)[nH]5)C=C4)cc1. The van der Waals surface area contributed by atoms with E-state index in [2.05, 4.69) is 189 Å². The van der Waals surface area contributed by atoms with Crippen LogP contribution in [0, 0.1) is 0 Å². The molecule has 5 heterocycles. The number of hydrogen-bond donors (Lipinski definition) is 1. The van der Waals surface area contributed by atoms with Gasteiger partial charge in [-0.25, -0.2) is 9.97 Å². The molecule has 634 valence electrons. The molecule has 116 heavy (non-hydrogen) atoms. The molecule has 7 aromatic rings. The van der Waals surface area contributed by atoms with Crippen LogP contribution < -0.4 is 18.9 Å². The summed E-state index contributed by atoms with van der Waals surface area (Å²) < 4.78 is 29.1. The van der Waals surface area contributed by atoms with E-state index in [0.29, 0.717) is 26.4 Å². The molecule has 9 rings (SSSR count). The highest BCUT2D eigenvalue weighted by Crippen LogP contribution is 2.48. The van der Waals surface area contributed by atoms with E-state index in [9.17, 15) is 0 Å². The van der Waals surface area contributed by atoms with Gasteiger partial charge in [0.1, 0.15) is 23.0 Å². The van der Waals surface area contributed by atoms with Crippen LogP contribution in [0.2, 0.25) is 0 Å². The van der Waals surface area contributed by atoms with Gasteiger partial charge in [0.2, 0.25) is 0 Å². The Morgan fingerprint density at radius 2 is 0.491 bits per heavy atom. The van der Waals surface area contributed by atoms with E-state index >= 15 is 0 Å². The van der Waals surface area contributed by atoms with Crippen LogP contribution in [0.25, 0.3) is 85.4 Å². The summed E-state index contributed by atoms with van der Waals surface area (Å²) in [6.45, 7) is 12.0. The van der Waals surface area contributed by atoms with Crippen LogP contribution >= 0.6 is 0 Å². The van der Waals surface area contributed by atoms with Gasteiger partial charge >= 0.3 is 0 Å². The fourth-order valence-electron chi connectivity index (χ4n) is 17.2. The van der Waals surface area contributed by atoms with Crippen molar-refractivity contribution in [3.63, 3.8) is 0 Å². The number of unbranched alkanes of at least 4 members (excludes halogenated alkanes) is 52. The van der Waals surface area contributed by atoms with Crippen LogP contribution in [0.3, 0.4) is 0 Å². The fourth-order valence-corrected chi connectivity index (χ4v) is 17.2. The zero-order chi connectivity index (χ0) is 80.6. The second-order valence-electron chi connectivity index (χ2n) is 34.4. The molecule has 0 radical (unpaired) electrons. The third kappa shape index (κ3) is 35.3. The summed E-state index contributed by atoms with van der Waals surface area (Å²) in [5.74, 6) is 3.53. The van der Waals surface area contributed by atoms with Gasteiger partial charge in [-0.2, -0.15) is 0 Å². The molecule has 0 saturated heterocycles. The van der Waals surface area contributed by atoms with E-state index in [-0.39, 0.29) is 0 Å². The first-order valence-corrected chi connectivity index (χ1v) is 48.6. The first-order chi connectivity index (χ1) is 57.5. The molecule has 0 spiro atoms. The molecule has 0 fully saturated rings. The lowest BCUT2D eigenvalue weighted by atomic mass is 9.93. The number of rotatable bonds is 68. The maximum Gasteiger partial charge on any atom is 0.119 e. The summed E-state index contributed by atoms with van der Waals surface area (Å²) in [4.78, 5) is 14.7. The lowest BCUT2D eigenvalue weighted by molar-refractivity contribution is 0.304. The summed E-state index contributed by atoms with van der Waals surface area (Å²) in [5.41, 5.74) is 14.8. The van der Waals surface area contributed by atoms with Crippen LogP contribution in [0.4, 0.5) is 0 Å². The van der Waals surface area contributed by atoms with Crippen molar-refractivity contribution in [3.8, 4) is 62.1 Å². The van der Waals surface area contributed by atoms with Crippen LogP contribution in [-0.4, -0.2) is 45.9 Å². The van der Waals surface area contributed by atoms with Crippen molar-refractivity contribution in [1.82, 2.24) is 19.5 Å². The van der Waals surface area contributed by atoms with Crippen molar-refractivity contribution in [2.45, 2.75) is 387 Å². The van der Waals surface area contributed by atoms with Crippen molar-refractivity contribution in [3.05, 3.63) is 150 Å². The molecule has 8 nitrogen and oxygen atoms in total. The molecule has 8 heteroatoms. The number of ether oxygens (including phenoxy) is 4. The van der Waals surface area contributed by atoms with Gasteiger partial charge in [0.25, 0.3) is 0 Å². The molecular weight excluding hydrogens is 1420 g/mol. The van der Waals surface area contributed by atoms with E-state index in [0.717, 1.165) is 133 Å². The number of benzene rings is 4. The van der Waals surface area contributed by atoms with Crippen LogP contribution in [0.15, 0.2) is 127 Å². The minimum atomic E-state index is 0.697. The number of aromatic amines is 1. The van der Waals surface area contributed by atoms with Crippen molar-refractivity contribution in [2.75, 3.05) is 26.4 Å². The van der Waals surface area contributed by atoms with Gasteiger partial charge in [-0.1, -0.05) is 398 Å². The minimum absolute atomic E-state index is 0.697. The highest BCUT2D eigenvalue weighted by Gasteiger charge is 2.27. The number of nitrogens with zero attached hydrogens (tertiary/aromatic N) is 3. The van der Waals surface area contributed by atoms with Crippen LogP contribution in [0.1, 0.15) is 410 Å². The maximum absolute atomic E-state index is 6.68. The summed E-state index contributed by atoms with van der Waals surface area (Å²) in [6, 6.07) is 46.6. The van der Waals surface area contributed by atoms with E-state index in [1.807, 2.05) is 0 Å². The highest BCUT2D eigenvalue weighted by atomic mass is 16.5. The molecule has 3 aromatic heterocycles. The molecule has 0 amide bonds.